The molecule has 0 bridgehead atoms. The highest BCUT2D eigenvalue weighted by molar-refractivity contribution is 5.85. The second-order valence-electron chi connectivity index (χ2n) is 7.07. The number of likely N-dealkylation sites (tertiary alicyclic amines) is 1. The second-order valence-corrected chi connectivity index (χ2v) is 7.07. The predicted molar refractivity (Wildman–Crippen MR) is 93.7 cm³/mol. The van der Waals surface area contributed by atoms with Crippen molar-refractivity contribution in [1.82, 2.24) is 20.2 Å². The summed E-state index contributed by atoms with van der Waals surface area (Å²) in [6.45, 7) is 1.25. The van der Waals surface area contributed by atoms with Gasteiger partial charge in [-0.05, 0) is 25.0 Å². The molecule has 2 amide bonds. The fourth-order valence-electron chi connectivity index (χ4n) is 3.77. The summed E-state index contributed by atoms with van der Waals surface area (Å²) in [4.78, 5) is 44.4. The van der Waals surface area contributed by atoms with E-state index < -0.39 is 0 Å². The Morgan fingerprint density at radius 3 is 2.69 bits per heavy atom. The van der Waals surface area contributed by atoms with E-state index in [0.29, 0.717) is 37.1 Å². The zero-order chi connectivity index (χ0) is 18.3. The molecule has 2 aliphatic rings. The number of para-hydroxylation sites is 1. The number of rotatable bonds is 3. The van der Waals surface area contributed by atoms with Gasteiger partial charge in [-0.1, -0.05) is 6.07 Å². The van der Waals surface area contributed by atoms with Crippen LogP contribution in [0.25, 0.3) is 10.9 Å². The number of nitrogens with zero attached hydrogens (tertiary/aromatic N) is 2. The number of aromatic hydroxyl groups is 1. The average Bonchev–Trinajstić information content (AvgIpc) is 2.60. The van der Waals surface area contributed by atoms with Gasteiger partial charge in [0.25, 0.3) is 5.56 Å². The van der Waals surface area contributed by atoms with Gasteiger partial charge in [0.05, 0.1) is 10.9 Å². The van der Waals surface area contributed by atoms with E-state index in [1.807, 2.05) is 0 Å². The lowest BCUT2D eigenvalue weighted by atomic mass is 9.78. The number of aromatic amines is 1. The van der Waals surface area contributed by atoms with E-state index in [1.165, 1.54) is 6.07 Å². The zero-order valence-corrected chi connectivity index (χ0v) is 14.2. The fourth-order valence-corrected chi connectivity index (χ4v) is 3.77. The lowest BCUT2D eigenvalue weighted by molar-refractivity contribution is -0.138. The third-order valence-electron chi connectivity index (χ3n) is 5.32. The highest BCUT2D eigenvalue weighted by atomic mass is 16.3. The third-order valence-corrected chi connectivity index (χ3v) is 5.32. The lowest BCUT2D eigenvalue weighted by Gasteiger charge is -2.47. The maximum Gasteiger partial charge on any atom is 0.258 e. The van der Waals surface area contributed by atoms with Crippen LogP contribution in [0.5, 0.6) is 5.75 Å². The van der Waals surface area contributed by atoms with E-state index in [1.54, 1.807) is 17.0 Å². The van der Waals surface area contributed by atoms with Gasteiger partial charge in [0, 0.05) is 32.4 Å². The van der Waals surface area contributed by atoms with Gasteiger partial charge < -0.3 is 20.3 Å². The Hall–Kier alpha value is -2.90. The number of amides is 2. The van der Waals surface area contributed by atoms with Crippen molar-refractivity contribution in [3.05, 3.63) is 34.4 Å². The summed E-state index contributed by atoms with van der Waals surface area (Å²) < 4.78 is 0. The number of nitrogens with one attached hydrogen (secondary N) is 2. The molecule has 2 aliphatic heterocycles. The number of hydrogen-bond donors (Lipinski definition) is 3. The van der Waals surface area contributed by atoms with E-state index in [4.69, 9.17) is 0 Å². The number of piperidine rings is 1. The van der Waals surface area contributed by atoms with E-state index in [-0.39, 0.29) is 40.6 Å². The molecule has 2 aromatic rings. The number of fused-ring (bicyclic) bond motifs is 1. The van der Waals surface area contributed by atoms with Crippen LogP contribution in [0, 0.1) is 0 Å². The molecular weight excluding hydrogens is 336 g/mol. The van der Waals surface area contributed by atoms with Crippen molar-refractivity contribution in [2.45, 2.75) is 37.6 Å². The maximum absolute atomic E-state index is 12.4. The van der Waals surface area contributed by atoms with Crippen LogP contribution in [0.15, 0.2) is 23.0 Å². The van der Waals surface area contributed by atoms with E-state index in [2.05, 4.69) is 15.3 Å². The molecule has 2 saturated heterocycles. The molecule has 8 heteroatoms. The minimum Gasteiger partial charge on any atom is -0.506 e. The molecule has 3 heterocycles. The molecule has 0 radical (unpaired) electrons. The molecule has 4 rings (SSSR count). The molecule has 136 valence electrons. The third kappa shape index (κ3) is 2.91. The Morgan fingerprint density at radius 1 is 1.27 bits per heavy atom. The number of β-lactam (4-membered cyclic amide) rings is 1. The number of H-pyrrole nitrogens is 1. The Labute approximate surface area is 149 Å². The summed E-state index contributed by atoms with van der Waals surface area (Å²) in [7, 11) is 0. The number of phenolic OH excluding ortho intramolecular Hbond substituents is 1. The Balaban J connectivity index is 1.39. The van der Waals surface area contributed by atoms with Gasteiger partial charge in [-0.3, -0.25) is 14.4 Å². The Kier molecular flexibility index (Phi) is 3.90. The Bertz CT molecular complexity index is 934. The second kappa shape index (κ2) is 6.12. The summed E-state index contributed by atoms with van der Waals surface area (Å²) in [6, 6.07) is 4.66. The molecule has 26 heavy (non-hydrogen) atoms. The average molecular weight is 356 g/mol. The van der Waals surface area contributed by atoms with Gasteiger partial charge in [0.15, 0.2) is 0 Å². The molecule has 0 unspecified atom stereocenters. The van der Waals surface area contributed by atoms with Gasteiger partial charge in [-0.15, -0.1) is 0 Å². The number of carbonyl (C=O) groups is 2. The first-order chi connectivity index (χ1) is 12.5. The van der Waals surface area contributed by atoms with Crippen molar-refractivity contribution in [3.63, 3.8) is 0 Å². The molecule has 0 atom stereocenters. The highest BCUT2D eigenvalue weighted by Crippen LogP contribution is 2.32. The number of aryl methyl sites for hydroxylation is 1. The molecule has 1 spiro atoms. The SMILES string of the molecule is O=C1CC2(CCN(C(=O)CCc3nc4c(O)cccc4c(=O)[nH]3)CC2)N1. The first-order valence-electron chi connectivity index (χ1n) is 8.75. The minimum atomic E-state index is -0.325. The van der Waals surface area contributed by atoms with Crippen molar-refractivity contribution >= 4 is 22.7 Å². The van der Waals surface area contributed by atoms with Crippen molar-refractivity contribution in [2.75, 3.05) is 13.1 Å². The van der Waals surface area contributed by atoms with Crippen LogP contribution in [-0.2, 0) is 16.0 Å². The van der Waals surface area contributed by atoms with Crippen LogP contribution in [0.4, 0.5) is 0 Å². The summed E-state index contributed by atoms with van der Waals surface area (Å²) in [5.41, 5.74) is -0.176. The lowest BCUT2D eigenvalue weighted by Crippen LogP contribution is -2.65. The smallest absolute Gasteiger partial charge is 0.258 e. The Morgan fingerprint density at radius 2 is 2.00 bits per heavy atom. The van der Waals surface area contributed by atoms with E-state index in [9.17, 15) is 19.5 Å². The predicted octanol–water partition coefficient (Wildman–Crippen LogP) is 0.442. The minimum absolute atomic E-state index is 0.00512. The summed E-state index contributed by atoms with van der Waals surface area (Å²) in [5, 5.41) is 13.2. The van der Waals surface area contributed by atoms with E-state index in [0.717, 1.165) is 12.8 Å². The summed E-state index contributed by atoms with van der Waals surface area (Å²) >= 11 is 0. The number of hydrogen-bond acceptors (Lipinski definition) is 5. The number of phenols is 1. The van der Waals surface area contributed by atoms with Crippen LogP contribution < -0.4 is 10.9 Å². The first kappa shape index (κ1) is 16.6. The number of benzene rings is 1. The van der Waals surface area contributed by atoms with Crippen LogP contribution in [0.1, 0.15) is 31.5 Å². The largest absolute Gasteiger partial charge is 0.506 e. The van der Waals surface area contributed by atoms with Crippen LogP contribution in [-0.4, -0.2) is 50.4 Å². The molecule has 2 fully saturated rings. The van der Waals surface area contributed by atoms with Gasteiger partial charge in [0.2, 0.25) is 11.8 Å². The topological polar surface area (TPSA) is 115 Å². The van der Waals surface area contributed by atoms with Crippen molar-refractivity contribution in [2.24, 2.45) is 0 Å². The first-order valence-corrected chi connectivity index (χ1v) is 8.75. The molecule has 0 aliphatic carbocycles. The van der Waals surface area contributed by atoms with Gasteiger partial charge >= 0.3 is 0 Å². The highest BCUT2D eigenvalue weighted by Gasteiger charge is 2.45. The van der Waals surface area contributed by atoms with Gasteiger partial charge in [-0.25, -0.2) is 4.98 Å². The standard InChI is InChI=1S/C18H20N4O4/c23-12-3-1-2-11-16(12)19-13(20-17(11)26)4-5-15(25)22-8-6-18(7-9-22)10-14(24)21-18/h1-3,23H,4-10H2,(H,21,24)(H,19,20,26). The fraction of sp³-hybridized carbons (Fsp3) is 0.444. The van der Waals surface area contributed by atoms with Gasteiger partial charge in [-0.2, -0.15) is 0 Å². The van der Waals surface area contributed by atoms with Crippen molar-refractivity contribution in [1.29, 1.82) is 0 Å². The quantitative estimate of drug-likeness (QED) is 0.691. The monoisotopic (exact) mass is 356 g/mol. The zero-order valence-electron chi connectivity index (χ0n) is 14.2. The molecule has 8 nitrogen and oxygen atoms in total. The molecule has 0 saturated carbocycles. The number of carbonyl (C=O) groups excluding carboxylic acids is 2. The van der Waals surface area contributed by atoms with Crippen molar-refractivity contribution < 1.29 is 14.7 Å². The molecular formula is C18H20N4O4. The summed E-state index contributed by atoms with van der Waals surface area (Å²) in [5.74, 6) is 0.423. The molecule has 3 N–H and O–H groups in total. The summed E-state index contributed by atoms with van der Waals surface area (Å²) in [6.07, 6.45) is 2.66. The van der Waals surface area contributed by atoms with E-state index >= 15 is 0 Å². The van der Waals surface area contributed by atoms with Crippen LogP contribution >= 0.6 is 0 Å². The van der Waals surface area contributed by atoms with Crippen molar-refractivity contribution in [3.8, 4) is 5.75 Å². The molecule has 1 aromatic carbocycles. The normalized spacial score (nSPS) is 18.6. The van der Waals surface area contributed by atoms with Gasteiger partial charge in [0.1, 0.15) is 17.1 Å². The number of aromatic nitrogens is 2. The van der Waals surface area contributed by atoms with Crippen LogP contribution in [0.3, 0.4) is 0 Å². The maximum atomic E-state index is 12.4. The molecule has 1 aromatic heterocycles. The van der Waals surface area contributed by atoms with Crippen LogP contribution in [0.2, 0.25) is 0 Å².